The van der Waals surface area contributed by atoms with Crippen molar-refractivity contribution in [3.8, 4) is 11.3 Å². The summed E-state index contributed by atoms with van der Waals surface area (Å²) >= 11 is 0. The van der Waals surface area contributed by atoms with Crippen molar-refractivity contribution in [3.63, 3.8) is 0 Å². The Balaban J connectivity index is 1.38. The van der Waals surface area contributed by atoms with E-state index < -0.39 is 34.5 Å². The quantitative estimate of drug-likeness (QED) is 0.302. The molecule has 5 rings (SSSR count). The molecule has 0 amide bonds. The molecule has 1 fully saturated rings. The van der Waals surface area contributed by atoms with Crippen molar-refractivity contribution in [1.82, 2.24) is 25.0 Å². The molecular weight excluding hydrogens is 535 g/mol. The number of ketones is 1. The van der Waals surface area contributed by atoms with E-state index >= 15 is 0 Å². The highest BCUT2D eigenvalue weighted by molar-refractivity contribution is 5.97. The Morgan fingerprint density at radius 1 is 1.10 bits per heavy atom. The summed E-state index contributed by atoms with van der Waals surface area (Å²) in [7, 11) is 0. The molecular formula is C29H30F3N7O2. The maximum absolute atomic E-state index is 14.9. The van der Waals surface area contributed by atoms with Crippen LogP contribution in [0.2, 0.25) is 0 Å². The van der Waals surface area contributed by atoms with Gasteiger partial charge in [-0.15, -0.1) is 5.10 Å². The molecule has 1 aliphatic rings. The van der Waals surface area contributed by atoms with E-state index in [-0.39, 0.29) is 42.3 Å². The van der Waals surface area contributed by atoms with Crippen molar-refractivity contribution in [2.45, 2.75) is 39.0 Å². The molecule has 1 aliphatic heterocycles. The highest BCUT2D eigenvalue weighted by atomic mass is 19.1. The van der Waals surface area contributed by atoms with Crippen molar-refractivity contribution in [3.05, 3.63) is 89.4 Å². The lowest BCUT2D eigenvalue weighted by molar-refractivity contribution is 0.0988. The molecule has 41 heavy (non-hydrogen) atoms. The highest BCUT2D eigenvalue weighted by Gasteiger charge is 2.35. The van der Waals surface area contributed by atoms with Gasteiger partial charge in [0.15, 0.2) is 5.78 Å². The molecule has 2 N–H and O–H groups in total. The van der Waals surface area contributed by atoms with E-state index in [4.69, 9.17) is 10.5 Å². The lowest BCUT2D eigenvalue weighted by Gasteiger charge is -2.42. The second kappa shape index (κ2) is 12.1. The van der Waals surface area contributed by atoms with E-state index in [1.165, 1.54) is 6.07 Å². The van der Waals surface area contributed by atoms with E-state index in [1.807, 2.05) is 6.07 Å². The first-order valence-corrected chi connectivity index (χ1v) is 13.3. The van der Waals surface area contributed by atoms with Gasteiger partial charge in [0.2, 0.25) is 0 Å². The fraction of sp³-hybridized carbons (Fsp3) is 0.345. The van der Waals surface area contributed by atoms with Crippen LogP contribution < -0.4 is 10.6 Å². The van der Waals surface area contributed by atoms with Gasteiger partial charge in [-0.25, -0.2) is 22.8 Å². The minimum atomic E-state index is -0.995. The summed E-state index contributed by atoms with van der Waals surface area (Å²) in [4.78, 5) is 23.7. The Bertz CT molecular complexity index is 1500. The van der Waals surface area contributed by atoms with Gasteiger partial charge in [-0.05, 0) is 48.7 Å². The largest absolute Gasteiger partial charge is 0.377 e. The van der Waals surface area contributed by atoms with E-state index in [2.05, 4.69) is 32.1 Å². The average molecular weight is 566 g/mol. The predicted molar refractivity (Wildman–Crippen MR) is 146 cm³/mol. The number of ether oxygens (including phenoxy) is 1. The Hall–Kier alpha value is -4.16. The summed E-state index contributed by atoms with van der Waals surface area (Å²) in [5.74, 6) is -3.26. The topological polar surface area (TPSA) is 112 Å². The van der Waals surface area contributed by atoms with Gasteiger partial charge in [-0.3, -0.25) is 9.78 Å². The van der Waals surface area contributed by atoms with Gasteiger partial charge < -0.3 is 15.4 Å². The molecule has 0 unspecified atom stereocenters. The van der Waals surface area contributed by atoms with E-state index in [0.29, 0.717) is 25.3 Å². The number of rotatable bonds is 9. The summed E-state index contributed by atoms with van der Waals surface area (Å²) in [6.45, 7) is 5.38. The number of hydrogen-bond acceptors (Lipinski definition) is 8. The van der Waals surface area contributed by atoms with Gasteiger partial charge in [-0.2, -0.15) is 0 Å². The first kappa shape index (κ1) is 28.4. The third kappa shape index (κ3) is 5.98. The van der Waals surface area contributed by atoms with Crippen molar-refractivity contribution >= 4 is 11.5 Å². The minimum Gasteiger partial charge on any atom is -0.377 e. The van der Waals surface area contributed by atoms with Crippen LogP contribution in [0.25, 0.3) is 11.3 Å². The Morgan fingerprint density at radius 2 is 1.88 bits per heavy atom. The molecule has 12 heteroatoms. The maximum Gasteiger partial charge on any atom is 0.185 e. The summed E-state index contributed by atoms with van der Waals surface area (Å²) in [5.41, 5.74) is 6.89. The smallest absolute Gasteiger partial charge is 0.185 e. The average Bonchev–Trinajstić information content (AvgIpc) is 3.47. The molecule has 0 saturated carbocycles. The molecule has 0 spiro atoms. The number of carbonyl (C=O) groups excluding carboxylic acids is 1. The van der Waals surface area contributed by atoms with E-state index in [9.17, 15) is 18.0 Å². The zero-order valence-corrected chi connectivity index (χ0v) is 22.7. The molecule has 214 valence electrons. The van der Waals surface area contributed by atoms with Crippen LogP contribution in [0.5, 0.6) is 0 Å². The van der Waals surface area contributed by atoms with E-state index in [0.717, 1.165) is 23.9 Å². The van der Waals surface area contributed by atoms with Crippen molar-refractivity contribution in [2.24, 2.45) is 11.7 Å². The predicted octanol–water partition coefficient (Wildman–Crippen LogP) is 4.14. The van der Waals surface area contributed by atoms with Crippen LogP contribution >= 0.6 is 0 Å². The molecule has 3 aromatic heterocycles. The number of nitrogens with two attached hydrogens (primary N) is 1. The van der Waals surface area contributed by atoms with Crippen LogP contribution in [0.15, 0.2) is 55.1 Å². The molecule has 0 bridgehead atoms. The summed E-state index contributed by atoms with van der Waals surface area (Å²) in [6.07, 6.45) is 6.54. The van der Waals surface area contributed by atoms with Crippen LogP contribution in [-0.2, 0) is 17.8 Å². The number of aromatic nitrogens is 5. The Kier molecular flexibility index (Phi) is 8.41. The van der Waals surface area contributed by atoms with Crippen LogP contribution in [0.3, 0.4) is 0 Å². The van der Waals surface area contributed by atoms with E-state index in [1.54, 1.807) is 36.4 Å². The Morgan fingerprint density at radius 3 is 2.56 bits per heavy atom. The third-order valence-electron chi connectivity index (χ3n) is 7.22. The lowest BCUT2D eigenvalue weighted by atomic mass is 9.89. The number of halogens is 3. The normalized spacial score (nSPS) is 19.0. The summed E-state index contributed by atoms with van der Waals surface area (Å²) < 4.78 is 51.5. The number of pyridine rings is 2. The van der Waals surface area contributed by atoms with Crippen molar-refractivity contribution < 1.29 is 22.7 Å². The number of hydrogen-bond donors (Lipinski definition) is 1. The number of nitrogens with zero attached hydrogens (tertiary/aromatic N) is 6. The van der Waals surface area contributed by atoms with Crippen LogP contribution in [-0.4, -0.2) is 56.5 Å². The lowest BCUT2D eigenvalue weighted by Crippen LogP contribution is -2.53. The molecule has 0 aliphatic carbocycles. The standard InChI is InChI=1S/C29H30F3N7O2/c1-3-41-16-18-10-21(31)27(22(32)11-18)28-20(30)4-5-24(36-28)26(40)12-19-13-34-7-6-25(19)38-14-17(2)29(23(33)15-38)39-9-8-35-37-39/h4-11,13,17,23,29H,3,12,14-16,33H2,1-2H3/t17-,23+,29-/m0/s1. The van der Waals surface area contributed by atoms with Gasteiger partial charge in [-0.1, -0.05) is 12.1 Å². The number of benzene rings is 1. The van der Waals surface area contributed by atoms with Crippen molar-refractivity contribution in [2.75, 3.05) is 24.6 Å². The SMILES string of the molecule is CCOCc1cc(F)c(-c2nc(C(=O)Cc3cnccc3N3C[C@@H](N)[C@@H](n4ccnn4)[C@@H](C)C3)ccc2F)c(F)c1. The van der Waals surface area contributed by atoms with Crippen LogP contribution in [0, 0.1) is 23.4 Å². The van der Waals surface area contributed by atoms with Crippen LogP contribution in [0.1, 0.15) is 41.5 Å². The number of carbonyl (C=O) groups is 1. The zero-order valence-electron chi connectivity index (χ0n) is 22.7. The molecule has 4 heterocycles. The molecule has 1 aromatic carbocycles. The summed E-state index contributed by atoms with van der Waals surface area (Å²) in [5, 5.41) is 8.01. The second-order valence-corrected chi connectivity index (χ2v) is 10.1. The van der Waals surface area contributed by atoms with Crippen molar-refractivity contribution in [1.29, 1.82) is 0 Å². The van der Waals surface area contributed by atoms with Gasteiger partial charge >= 0.3 is 0 Å². The molecule has 1 saturated heterocycles. The fourth-order valence-corrected chi connectivity index (χ4v) is 5.40. The molecule has 9 nitrogen and oxygen atoms in total. The molecule has 4 aromatic rings. The number of piperidine rings is 1. The summed E-state index contributed by atoms with van der Waals surface area (Å²) in [6, 6.07) is 5.88. The zero-order chi connectivity index (χ0) is 29.1. The fourth-order valence-electron chi connectivity index (χ4n) is 5.40. The first-order chi connectivity index (χ1) is 19.8. The first-order valence-electron chi connectivity index (χ1n) is 13.3. The van der Waals surface area contributed by atoms with Crippen LogP contribution in [0.4, 0.5) is 18.9 Å². The van der Waals surface area contributed by atoms with Gasteiger partial charge in [0.25, 0.3) is 0 Å². The third-order valence-corrected chi connectivity index (χ3v) is 7.22. The number of Topliss-reactive ketones (excluding diaryl/α,β-unsaturated/α-hetero) is 1. The monoisotopic (exact) mass is 565 g/mol. The van der Waals surface area contributed by atoms with Gasteiger partial charge in [0.1, 0.15) is 28.8 Å². The minimum absolute atomic E-state index is 0.00824. The van der Waals surface area contributed by atoms with Gasteiger partial charge in [0, 0.05) is 62.0 Å². The molecule has 3 atom stereocenters. The second-order valence-electron chi connectivity index (χ2n) is 10.1. The molecule has 0 radical (unpaired) electrons. The van der Waals surface area contributed by atoms with Gasteiger partial charge in [0.05, 0.1) is 24.4 Å². The maximum atomic E-state index is 14.9. The number of anilines is 1. The Labute approximate surface area is 235 Å². The highest BCUT2D eigenvalue weighted by Crippen LogP contribution is 2.32.